The number of rotatable bonds is 4. The molecule has 64 valence electrons. The Labute approximate surface area is 71.3 Å². The van der Waals surface area contributed by atoms with E-state index in [0.29, 0.717) is 13.1 Å². The van der Waals surface area contributed by atoms with Gasteiger partial charge in [0, 0.05) is 25.5 Å². The summed E-state index contributed by atoms with van der Waals surface area (Å²) in [5.41, 5.74) is -0.0187. The average Bonchev–Trinajstić information content (AvgIpc) is 2.38. The van der Waals surface area contributed by atoms with Gasteiger partial charge in [-0.2, -0.15) is 0 Å². The van der Waals surface area contributed by atoms with Crippen LogP contribution in [-0.4, -0.2) is 9.13 Å². The molecule has 0 saturated carbocycles. The van der Waals surface area contributed by atoms with Gasteiger partial charge in [0.2, 0.25) is 0 Å². The Kier molecular flexibility index (Phi) is 2.69. The molecule has 0 aliphatic heterocycles. The van der Waals surface area contributed by atoms with Crippen molar-refractivity contribution in [3.8, 4) is 0 Å². The largest absolute Gasteiger partial charge is 0.328 e. The minimum absolute atomic E-state index is 0.0187. The van der Waals surface area contributed by atoms with Crippen LogP contribution in [0.2, 0.25) is 0 Å². The van der Waals surface area contributed by atoms with Crippen LogP contribution in [0.4, 0.5) is 0 Å². The third kappa shape index (κ3) is 1.56. The van der Waals surface area contributed by atoms with Crippen LogP contribution in [-0.2, 0) is 13.1 Å². The molecule has 1 rings (SSSR count). The summed E-state index contributed by atoms with van der Waals surface area (Å²) in [5, 5.41) is 0. The van der Waals surface area contributed by atoms with Crippen LogP contribution in [0.3, 0.4) is 0 Å². The van der Waals surface area contributed by atoms with Gasteiger partial charge in [-0.25, -0.2) is 4.79 Å². The van der Waals surface area contributed by atoms with Gasteiger partial charge in [-0.05, 0) is 0 Å². The fourth-order valence-corrected chi connectivity index (χ4v) is 1.01. The fourth-order valence-electron chi connectivity index (χ4n) is 1.01. The van der Waals surface area contributed by atoms with Crippen molar-refractivity contribution in [3.05, 3.63) is 48.2 Å². The van der Waals surface area contributed by atoms with Crippen LogP contribution in [0.25, 0.3) is 0 Å². The highest BCUT2D eigenvalue weighted by atomic mass is 16.1. The van der Waals surface area contributed by atoms with Crippen molar-refractivity contribution in [1.82, 2.24) is 9.13 Å². The Balaban J connectivity index is 2.95. The molecule has 0 unspecified atom stereocenters. The molecule has 1 aromatic rings. The van der Waals surface area contributed by atoms with Gasteiger partial charge in [0.15, 0.2) is 0 Å². The lowest BCUT2D eigenvalue weighted by atomic mass is 10.6. The third-order valence-electron chi connectivity index (χ3n) is 1.57. The molecule has 0 aromatic carbocycles. The highest BCUT2D eigenvalue weighted by molar-refractivity contribution is 4.86. The summed E-state index contributed by atoms with van der Waals surface area (Å²) < 4.78 is 3.19. The Bertz CT molecular complexity index is 302. The molecule has 0 spiro atoms. The molecule has 0 amide bonds. The van der Waals surface area contributed by atoms with Crippen LogP contribution in [0, 0.1) is 0 Å². The molecule has 1 aromatic heterocycles. The van der Waals surface area contributed by atoms with Crippen molar-refractivity contribution in [3.63, 3.8) is 0 Å². The molecule has 0 N–H and O–H groups in total. The van der Waals surface area contributed by atoms with Gasteiger partial charge in [0.25, 0.3) is 0 Å². The van der Waals surface area contributed by atoms with Gasteiger partial charge in [-0.3, -0.25) is 9.13 Å². The Morgan fingerprint density at radius 2 is 1.58 bits per heavy atom. The first-order chi connectivity index (χ1) is 5.79. The summed E-state index contributed by atoms with van der Waals surface area (Å²) in [6, 6.07) is 0. The molecule has 0 atom stereocenters. The second-order valence-electron chi connectivity index (χ2n) is 2.46. The lowest BCUT2D eigenvalue weighted by molar-refractivity contribution is 0.702. The summed E-state index contributed by atoms with van der Waals surface area (Å²) >= 11 is 0. The fraction of sp³-hybridized carbons (Fsp3) is 0.222. The maximum atomic E-state index is 11.4. The number of nitrogens with zero attached hydrogens (tertiary/aromatic N) is 2. The predicted octanol–water partition coefficient (Wildman–Crippen LogP) is 1.02. The maximum absolute atomic E-state index is 11.4. The zero-order valence-corrected chi connectivity index (χ0v) is 6.94. The number of aromatic nitrogens is 2. The first-order valence-electron chi connectivity index (χ1n) is 3.77. The lowest BCUT2D eigenvalue weighted by Crippen LogP contribution is -2.23. The Morgan fingerprint density at radius 3 is 1.92 bits per heavy atom. The van der Waals surface area contributed by atoms with Crippen LogP contribution >= 0.6 is 0 Å². The highest BCUT2D eigenvalue weighted by Gasteiger charge is 1.98. The summed E-state index contributed by atoms with van der Waals surface area (Å²) in [4.78, 5) is 11.4. The Morgan fingerprint density at radius 1 is 1.17 bits per heavy atom. The standard InChI is InChI=1S/C9H12N2O/c1-3-5-10-7-8-11(6-4-2)9(10)12/h3-4,7-8H,1-2,5-6H2. The smallest absolute Gasteiger partial charge is 0.295 e. The first kappa shape index (κ1) is 8.59. The molecule has 12 heavy (non-hydrogen) atoms. The van der Waals surface area contributed by atoms with E-state index < -0.39 is 0 Å². The van der Waals surface area contributed by atoms with E-state index >= 15 is 0 Å². The van der Waals surface area contributed by atoms with E-state index in [1.807, 2.05) is 0 Å². The molecule has 0 aliphatic carbocycles. The molecule has 0 saturated heterocycles. The molecule has 0 fully saturated rings. The summed E-state index contributed by atoms with van der Waals surface area (Å²) in [5.74, 6) is 0. The zero-order chi connectivity index (χ0) is 8.97. The molecule has 0 radical (unpaired) electrons. The van der Waals surface area contributed by atoms with E-state index in [2.05, 4.69) is 13.2 Å². The zero-order valence-electron chi connectivity index (χ0n) is 6.94. The van der Waals surface area contributed by atoms with Gasteiger partial charge in [-0.15, -0.1) is 13.2 Å². The van der Waals surface area contributed by atoms with Crippen LogP contribution in [0.1, 0.15) is 0 Å². The molecular formula is C9H12N2O. The SMILES string of the molecule is C=CCn1ccn(CC=C)c1=O. The van der Waals surface area contributed by atoms with Crippen LogP contribution < -0.4 is 5.69 Å². The van der Waals surface area contributed by atoms with E-state index in [1.165, 1.54) is 0 Å². The lowest BCUT2D eigenvalue weighted by Gasteiger charge is -1.94. The van der Waals surface area contributed by atoms with Gasteiger partial charge in [0.1, 0.15) is 0 Å². The normalized spacial score (nSPS) is 9.67. The molecule has 0 aliphatic rings. The number of allylic oxidation sites excluding steroid dienone is 2. The molecule has 0 bridgehead atoms. The third-order valence-corrected chi connectivity index (χ3v) is 1.57. The van der Waals surface area contributed by atoms with E-state index in [-0.39, 0.29) is 5.69 Å². The molecule has 1 heterocycles. The molecular weight excluding hydrogens is 152 g/mol. The van der Waals surface area contributed by atoms with Crippen LogP contribution in [0.5, 0.6) is 0 Å². The predicted molar refractivity (Wildman–Crippen MR) is 49.1 cm³/mol. The summed E-state index contributed by atoms with van der Waals surface area (Å²) in [6.07, 6.45) is 6.88. The average molecular weight is 164 g/mol. The van der Waals surface area contributed by atoms with Gasteiger partial charge in [0.05, 0.1) is 0 Å². The first-order valence-corrected chi connectivity index (χ1v) is 3.77. The Hall–Kier alpha value is -1.51. The van der Waals surface area contributed by atoms with Crippen molar-refractivity contribution in [2.75, 3.05) is 0 Å². The minimum Gasteiger partial charge on any atom is -0.295 e. The number of imidazole rings is 1. The van der Waals surface area contributed by atoms with Crippen molar-refractivity contribution < 1.29 is 0 Å². The van der Waals surface area contributed by atoms with Gasteiger partial charge >= 0.3 is 5.69 Å². The molecule has 3 heteroatoms. The van der Waals surface area contributed by atoms with Crippen molar-refractivity contribution in [1.29, 1.82) is 0 Å². The second-order valence-corrected chi connectivity index (χ2v) is 2.46. The van der Waals surface area contributed by atoms with E-state index in [0.717, 1.165) is 0 Å². The monoisotopic (exact) mass is 164 g/mol. The summed E-state index contributed by atoms with van der Waals surface area (Å²) in [6.45, 7) is 8.24. The van der Waals surface area contributed by atoms with Crippen molar-refractivity contribution >= 4 is 0 Å². The van der Waals surface area contributed by atoms with E-state index in [4.69, 9.17) is 0 Å². The minimum atomic E-state index is -0.0187. The van der Waals surface area contributed by atoms with E-state index in [9.17, 15) is 4.79 Å². The van der Waals surface area contributed by atoms with Crippen molar-refractivity contribution in [2.24, 2.45) is 0 Å². The maximum Gasteiger partial charge on any atom is 0.328 e. The number of hydrogen-bond donors (Lipinski definition) is 0. The van der Waals surface area contributed by atoms with E-state index in [1.54, 1.807) is 33.7 Å². The van der Waals surface area contributed by atoms with Gasteiger partial charge < -0.3 is 0 Å². The van der Waals surface area contributed by atoms with Gasteiger partial charge in [-0.1, -0.05) is 12.2 Å². The number of hydrogen-bond acceptors (Lipinski definition) is 1. The molecule has 3 nitrogen and oxygen atoms in total. The van der Waals surface area contributed by atoms with Crippen molar-refractivity contribution in [2.45, 2.75) is 13.1 Å². The van der Waals surface area contributed by atoms with Crippen LogP contribution in [0.15, 0.2) is 42.5 Å². The topological polar surface area (TPSA) is 26.9 Å². The highest BCUT2D eigenvalue weighted by Crippen LogP contribution is 1.85. The quantitative estimate of drug-likeness (QED) is 0.610. The second kappa shape index (κ2) is 3.76. The summed E-state index contributed by atoms with van der Waals surface area (Å²) in [7, 11) is 0.